The number of rotatable bonds is 7. The molecule has 0 bridgehead atoms. The number of hydrogen-bond acceptors (Lipinski definition) is 2. The number of hydrogen-bond donors (Lipinski definition) is 1. The molecule has 0 aliphatic heterocycles. The van der Waals surface area contributed by atoms with Crippen LogP contribution in [0.1, 0.15) is 19.3 Å². The van der Waals surface area contributed by atoms with Crippen LogP contribution in [0.5, 0.6) is 0 Å². The molecule has 3 nitrogen and oxygen atoms in total. The van der Waals surface area contributed by atoms with Crippen LogP contribution in [0.4, 0.5) is 0 Å². The van der Waals surface area contributed by atoms with E-state index >= 15 is 0 Å². The van der Waals surface area contributed by atoms with Crippen molar-refractivity contribution in [3.8, 4) is 0 Å². The lowest BCUT2D eigenvalue weighted by atomic mass is 10.4. The molecular formula is C9H16ClNO2. The van der Waals surface area contributed by atoms with Gasteiger partial charge in [-0.25, -0.2) is 0 Å². The summed E-state index contributed by atoms with van der Waals surface area (Å²) in [6.07, 6.45) is 3.52. The van der Waals surface area contributed by atoms with Gasteiger partial charge < -0.3 is 10.1 Å². The van der Waals surface area contributed by atoms with Crippen molar-refractivity contribution in [3.63, 3.8) is 0 Å². The van der Waals surface area contributed by atoms with Gasteiger partial charge in [0.15, 0.2) is 0 Å². The predicted octanol–water partition coefficient (Wildman–Crippen LogP) is 1.16. The fraction of sp³-hybridized carbons (Fsp3) is 0.889. The molecule has 1 fully saturated rings. The molecule has 1 aliphatic rings. The molecule has 1 aliphatic carbocycles. The van der Waals surface area contributed by atoms with Crippen LogP contribution < -0.4 is 5.32 Å². The lowest BCUT2D eigenvalue weighted by molar-refractivity contribution is -0.118. The molecule has 0 aromatic rings. The minimum atomic E-state index is -0.108. The van der Waals surface area contributed by atoms with Gasteiger partial charge in [-0.3, -0.25) is 4.79 Å². The molecule has 0 radical (unpaired) electrons. The average molecular weight is 206 g/mol. The SMILES string of the molecule is O=C(CCl)NCCCOCC1CC1. The average Bonchev–Trinajstić information content (AvgIpc) is 2.94. The quantitative estimate of drug-likeness (QED) is 0.501. The van der Waals surface area contributed by atoms with Gasteiger partial charge in [-0.05, 0) is 25.2 Å². The van der Waals surface area contributed by atoms with Crippen molar-refractivity contribution in [3.05, 3.63) is 0 Å². The van der Waals surface area contributed by atoms with Crippen molar-refractivity contribution in [1.82, 2.24) is 5.32 Å². The molecule has 4 heteroatoms. The largest absolute Gasteiger partial charge is 0.381 e. The zero-order valence-corrected chi connectivity index (χ0v) is 8.48. The Morgan fingerprint density at radius 1 is 1.54 bits per heavy atom. The van der Waals surface area contributed by atoms with E-state index in [2.05, 4.69) is 5.32 Å². The zero-order valence-electron chi connectivity index (χ0n) is 7.72. The van der Waals surface area contributed by atoms with Crippen molar-refractivity contribution in [2.45, 2.75) is 19.3 Å². The number of halogens is 1. The van der Waals surface area contributed by atoms with Gasteiger partial charge in [-0.15, -0.1) is 11.6 Å². The maximum Gasteiger partial charge on any atom is 0.234 e. The second kappa shape index (κ2) is 6.22. The van der Waals surface area contributed by atoms with Crippen molar-refractivity contribution in [2.75, 3.05) is 25.6 Å². The molecule has 1 N–H and O–H groups in total. The van der Waals surface area contributed by atoms with Crippen molar-refractivity contribution in [2.24, 2.45) is 5.92 Å². The Hall–Kier alpha value is -0.280. The summed E-state index contributed by atoms with van der Waals surface area (Å²) in [6, 6.07) is 0. The Kier molecular flexibility index (Phi) is 5.16. The number of amides is 1. The molecule has 0 saturated heterocycles. The monoisotopic (exact) mass is 205 g/mol. The molecule has 0 unspecified atom stereocenters. The van der Waals surface area contributed by atoms with Crippen molar-refractivity contribution in [1.29, 1.82) is 0 Å². The Morgan fingerprint density at radius 2 is 2.31 bits per heavy atom. The Labute approximate surface area is 83.8 Å². The molecular weight excluding hydrogens is 190 g/mol. The topological polar surface area (TPSA) is 38.3 Å². The molecule has 76 valence electrons. The van der Waals surface area contributed by atoms with Crippen LogP contribution in [0.2, 0.25) is 0 Å². The summed E-state index contributed by atoms with van der Waals surface area (Å²) < 4.78 is 5.39. The van der Waals surface area contributed by atoms with Gasteiger partial charge in [0.05, 0.1) is 0 Å². The summed E-state index contributed by atoms with van der Waals surface area (Å²) in [5.41, 5.74) is 0. The molecule has 0 heterocycles. The van der Waals surface area contributed by atoms with E-state index in [0.717, 1.165) is 25.6 Å². The van der Waals surface area contributed by atoms with Crippen LogP contribution in [0.25, 0.3) is 0 Å². The first-order chi connectivity index (χ1) is 6.33. The second-order valence-electron chi connectivity index (χ2n) is 3.36. The molecule has 1 rings (SSSR count). The second-order valence-corrected chi connectivity index (χ2v) is 3.62. The summed E-state index contributed by atoms with van der Waals surface area (Å²) in [5.74, 6) is 0.754. The number of carbonyl (C=O) groups excluding carboxylic acids is 1. The van der Waals surface area contributed by atoms with Crippen molar-refractivity contribution >= 4 is 17.5 Å². The van der Waals surface area contributed by atoms with Gasteiger partial charge in [0, 0.05) is 19.8 Å². The third-order valence-corrected chi connectivity index (χ3v) is 2.20. The maximum absolute atomic E-state index is 10.7. The molecule has 0 atom stereocenters. The normalized spacial score (nSPS) is 15.8. The summed E-state index contributed by atoms with van der Waals surface area (Å²) >= 11 is 5.30. The third-order valence-electron chi connectivity index (χ3n) is 1.96. The minimum Gasteiger partial charge on any atom is -0.381 e. The van der Waals surface area contributed by atoms with Crippen LogP contribution in [0, 0.1) is 5.92 Å². The summed E-state index contributed by atoms with van der Waals surface area (Å²) in [5, 5.41) is 2.69. The van der Waals surface area contributed by atoms with Crippen molar-refractivity contribution < 1.29 is 9.53 Å². The van der Waals surface area contributed by atoms with Crippen LogP contribution >= 0.6 is 11.6 Å². The molecule has 1 amide bonds. The number of ether oxygens (including phenoxy) is 1. The fourth-order valence-corrected chi connectivity index (χ4v) is 1.08. The summed E-state index contributed by atoms with van der Waals surface area (Å²) in [7, 11) is 0. The van der Waals surface area contributed by atoms with Gasteiger partial charge in [0.2, 0.25) is 5.91 Å². The fourth-order valence-electron chi connectivity index (χ4n) is 0.984. The van der Waals surface area contributed by atoms with E-state index < -0.39 is 0 Å². The van der Waals surface area contributed by atoms with E-state index in [4.69, 9.17) is 16.3 Å². The highest BCUT2D eigenvalue weighted by Crippen LogP contribution is 2.28. The van der Waals surface area contributed by atoms with E-state index in [9.17, 15) is 4.79 Å². The number of alkyl halides is 1. The van der Waals surface area contributed by atoms with Crippen LogP contribution in [0.3, 0.4) is 0 Å². The Balaban J connectivity index is 1.75. The highest BCUT2D eigenvalue weighted by atomic mass is 35.5. The lowest BCUT2D eigenvalue weighted by Gasteiger charge is -2.03. The summed E-state index contributed by atoms with van der Waals surface area (Å²) in [4.78, 5) is 10.7. The molecule has 13 heavy (non-hydrogen) atoms. The van der Waals surface area contributed by atoms with Crippen LogP contribution in [-0.2, 0) is 9.53 Å². The Morgan fingerprint density at radius 3 is 2.92 bits per heavy atom. The smallest absolute Gasteiger partial charge is 0.234 e. The first-order valence-electron chi connectivity index (χ1n) is 4.73. The van der Waals surface area contributed by atoms with E-state index in [1.165, 1.54) is 12.8 Å². The zero-order chi connectivity index (χ0) is 9.52. The highest BCUT2D eigenvalue weighted by molar-refractivity contribution is 6.27. The number of carbonyl (C=O) groups is 1. The van der Waals surface area contributed by atoms with E-state index in [-0.39, 0.29) is 11.8 Å². The van der Waals surface area contributed by atoms with Gasteiger partial charge in [0.1, 0.15) is 5.88 Å². The molecule has 0 aromatic carbocycles. The van der Waals surface area contributed by atoms with Crippen LogP contribution in [0.15, 0.2) is 0 Å². The standard InChI is InChI=1S/C9H16ClNO2/c10-6-9(12)11-4-1-5-13-7-8-2-3-8/h8H,1-7H2,(H,11,12). The molecule has 0 spiro atoms. The van der Waals surface area contributed by atoms with Gasteiger partial charge in [-0.1, -0.05) is 0 Å². The lowest BCUT2D eigenvalue weighted by Crippen LogP contribution is -2.26. The summed E-state index contributed by atoms with van der Waals surface area (Å²) in [6.45, 7) is 2.29. The Bertz CT molecular complexity index is 160. The maximum atomic E-state index is 10.7. The number of nitrogens with one attached hydrogen (secondary N) is 1. The third kappa shape index (κ3) is 5.88. The van der Waals surface area contributed by atoms with E-state index in [1.54, 1.807) is 0 Å². The van der Waals surface area contributed by atoms with Gasteiger partial charge >= 0.3 is 0 Å². The molecule has 1 saturated carbocycles. The highest BCUT2D eigenvalue weighted by Gasteiger charge is 2.20. The van der Waals surface area contributed by atoms with E-state index in [0.29, 0.717) is 6.54 Å². The predicted molar refractivity (Wildman–Crippen MR) is 51.9 cm³/mol. The van der Waals surface area contributed by atoms with Gasteiger partial charge in [-0.2, -0.15) is 0 Å². The van der Waals surface area contributed by atoms with Gasteiger partial charge in [0.25, 0.3) is 0 Å². The van der Waals surface area contributed by atoms with E-state index in [1.807, 2.05) is 0 Å². The molecule has 0 aromatic heterocycles. The van der Waals surface area contributed by atoms with Crippen LogP contribution in [-0.4, -0.2) is 31.5 Å². The first-order valence-corrected chi connectivity index (χ1v) is 5.27. The minimum absolute atomic E-state index is 0.0446. The first kappa shape index (κ1) is 10.8.